The summed E-state index contributed by atoms with van der Waals surface area (Å²) in [6.07, 6.45) is 1.08. The van der Waals surface area contributed by atoms with E-state index in [9.17, 15) is 18.0 Å². The first-order valence-corrected chi connectivity index (χ1v) is 8.94. The van der Waals surface area contributed by atoms with Crippen molar-refractivity contribution >= 4 is 27.5 Å². The van der Waals surface area contributed by atoms with Crippen LogP contribution in [0.4, 0.5) is 5.69 Å². The Hall–Kier alpha value is -2.13. The van der Waals surface area contributed by atoms with Gasteiger partial charge < -0.3 is 15.4 Å². The standard InChI is InChI=1S/C14H19N3O5S/c1-9(16-13(18)5-6-15-23(2,20)21)10-3-4-12-11(7-10)17-14(19)8-22-12/h3-4,7,9,15H,5-6,8H2,1-2H3,(H,16,18)(H,17,19)/t9-/m1/s1. The minimum Gasteiger partial charge on any atom is -0.482 e. The van der Waals surface area contributed by atoms with Crippen LogP contribution in [0.1, 0.15) is 24.9 Å². The van der Waals surface area contributed by atoms with Crippen molar-refractivity contribution in [2.75, 3.05) is 24.7 Å². The van der Waals surface area contributed by atoms with Gasteiger partial charge in [-0.15, -0.1) is 0 Å². The van der Waals surface area contributed by atoms with E-state index >= 15 is 0 Å². The average Bonchev–Trinajstić information content (AvgIpc) is 2.44. The largest absolute Gasteiger partial charge is 0.482 e. The molecule has 2 rings (SSSR count). The van der Waals surface area contributed by atoms with Crippen LogP contribution in [-0.2, 0) is 19.6 Å². The van der Waals surface area contributed by atoms with Crippen molar-refractivity contribution in [1.29, 1.82) is 0 Å². The second-order valence-corrected chi connectivity index (χ2v) is 7.13. The first-order chi connectivity index (χ1) is 10.7. The van der Waals surface area contributed by atoms with Gasteiger partial charge in [0.25, 0.3) is 5.91 Å². The average molecular weight is 341 g/mol. The molecular formula is C14H19N3O5S. The normalized spacial score (nSPS) is 15.1. The Balaban J connectivity index is 1.93. The Morgan fingerprint density at radius 1 is 1.43 bits per heavy atom. The number of rotatable bonds is 6. The monoisotopic (exact) mass is 341 g/mol. The lowest BCUT2D eigenvalue weighted by Crippen LogP contribution is -2.31. The van der Waals surface area contributed by atoms with Crippen molar-refractivity contribution in [1.82, 2.24) is 10.0 Å². The zero-order chi connectivity index (χ0) is 17.0. The summed E-state index contributed by atoms with van der Waals surface area (Å²) in [5.41, 5.74) is 1.37. The fraction of sp³-hybridized carbons (Fsp3) is 0.429. The predicted octanol–water partition coefficient (Wildman–Crippen LogP) is 0.134. The van der Waals surface area contributed by atoms with Crippen molar-refractivity contribution in [2.45, 2.75) is 19.4 Å². The zero-order valence-electron chi connectivity index (χ0n) is 12.9. The molecule has 0 radical (unpaired) electrons. The number of nitrogens with one attached hydrogen (secondary N) is 3. The van der Waals surface area contributed by atoms with Gasteiger partial charge in [-0.25, -0.2) is 13.1 Å². The molecule has 1 aromatic carbocycles. The summed E-state index contributed by atoms with van der Waals surface area (Å²) in [6, 6.07) is 4.99. The molecule has 0 aromatic heterocycles. The molecule has 8 nitrogen and oxygen atoms in total. The molecule has 1 heterocycles. The number of carbonyl (C=O) groups is 2. The maximum atomic E-state index is 11.8. The van der Waals surface area contributed by atoms with E-state index in [1.807, 2.05) is 0 Å². The van der Waals surface area contributed by atoms with E-state index in [1.54, 1.807) is 25.1 Å². The van der Waals surface area contributed by atoms with Crippen LogP contribution in [0.5, 0.6) is 5.75 Å². The van der Waals surface area contributed by atoms with Gasteiger partial charge in [0.15, 0.2) is 6.61 Å². The highest BCUT2D eigenvalue weighted by molar-refractivity contribution is 7.88. The predicted molar refractivity (Wildman–Crippen MR) is 84.6 cm³/mol. The molecule has 1 aromatic rings. The van der Waals surface area contributed by atoms with Crippen LogP contribution >= 0.6 is 0 Å². The SMILES string of the molecule is C[C@@H](NC(=O)CCNS(C)(=O)=O)c1ccc2c(c1)NC(=O)CO2. The minimum absolute atomic E-state index is 0.00796. The minimum atomic E-state index is -3.30. The molecule has 1 atom stereocenters. The molecule has 126 valence electrons. The molecule has 2 amide bonds. The maximum absolute atomic E-state index is 11.8. The molecule has 0 saturated heterocycles. The fourth-order valence-corrected chi connectivity index (χ4v) is 2.59. The van der Waals surface area contributed by atoms with Crippen LogP contribution in [0.25, 0.3) is 0 Å². The van der Waals surface area contributed by atoms with Crippen molar-refractivity contribution in [2.24, 2.45) is 0 Å². The molecule has 0 fully saturated rings. The van der Waals surface area contributed by atoms with Gasteiger partial charge in [0.2, 0.25) is 15.9 Å². The number of carbonyl (C=O) groups excluding carboxylic acids is 2. The third-order valence-electron chi connectivity index (χ3n) is 3.23. The molecule has 3 N–H and O–H groups in total. The van der Waals surface area contributed by atoms with Crippen LogP contribution < -0.4 is 20.1 Å². The summed E-state index contributed by atoms with van der Waals surface area (Å²) < 4.78 is 29.4. The Morgan fingerprint density at radius 2 is 2.17 bits per heavy atom. The number of ether oxygens (including phenoxy) is 1. The highest BCUT2D eigenvalue weighted by atomic mass is 32.2. The second kappa shape index (κ2) is 6.97. The van der Waals surface area contributed by atoms with Crippen molar-refractivity contribution in [3.05, 3.63) is 23.8 Å². The molecule has 9 heteroatoms. The molecule has 23 heavy (non-hydrogen) atoms. The first-order valence-electron chi connectivity index (χ1n) is 7.05. The Labute approximate surface area is 134 Å². The lowest BCUT2D eigenvalue weighted by Gasteiger charge is -2.21. The van der Waals surface area contributed by atoms with Gasteiger partial charge in [0.1, 0.15) is 5.75 Å². The number of amides is 2. The van der Waals surface area contributed by atoms with Gasteiger partial charge in [0.05, 0.1) is 18.0 Å². The number of hydrogen-bond acceptors (Lipinski definition) is 5. The summed E-state index contributed by atoms with van der Waals surface area (Å²) in [7, 11) is -3.30. The lowest BCUT2D eigenvalue weighted by molar-refractivity contribution is -0.121. The number of fused-ring (bicyclic) bond motifs is 1. The van der Waals surface area contributed by atoms with E-state index in [0.717, 1.165) is 11.8 Å². The maximum Gasteiger partial charge on any atom is 0.262 e. The van der Waals surface area contributed by atoms with Crippen LogP contribution in [0.3, 0.4) is 0 Å². The second-order valence-electron chi connectivity index (χ2n) is 5.30. The van der Waals surface area contributed by atoms with Crippen LogP contribution in [0, 0.1) is 0 Å². The molecule has 1 aliphatic rings. The molecule has 0 bridgehead atoms. The highest BCUT2D eigenvalue weighted by Crippen LogP contribution is 2.30. The van der Waals surface area contributed by atoms with Crippen LogP contribution in [0.15, 0.2) is 18.2 Å². The number of hydrogen-bond donors (Lipinski definition) is 3. The van der Waals surface area contributed by atoms with E-state index in [1.165, 1.54) is 0 Å². The van der Waals surface area contributed by atoms with Crippen molar-refractivity contribution in [3.8, 4) is 5.75 Å². The third-order valence-corrected chi connectivity index (χ3v) is 3.96. The summed E-state index contributed by atoms with van der Waals surface area (Å²) in [5, 5.41) is 5.48. The Morgan fingerprint density at radius 3 is 2.87 bits per heavy atom. The smallest absolute Gasteiger partial charge is 0.262 e. The van der Waals surface area contributed by atoms with E-state index < -0.39 is 10.0 Å². The van der Waals surface area contributed by atoms with Gasteiger partial charge in [-0.3, -0.25) is 9.59 Å². The van der Waals surface area contributed by atoms with Crippen LogP contribution in [0.2, 0.25) is 0 Å². The molecule has 0 unspecified atom stereocenters. The number of sulfonamides is 1. The highest BCUT2D eigenvalue weighted by Gasteiger charge is 2.18. The summed E-state index contributed by atoms with van der Waals surface area (Å²) in [5.74, 6) is 0.0917. The Bertz CT molecular complexity index is 717. The van der Waals surface area contributed by atoms with E-state index in [2.05, 4.69) is 15.4 Å². The zero-order valence-corrected chi connectivity index (χ0v) is 13.7. The molecule has 0 spiro atoms. The molecule has 0 saturated carbocycles. The van der Waals surface area contributed by atoms with Gasteiger partial charge in [-0.1, -0.05) is 6.07 Å². The van der Waals surface area contributed by atoms with Gasteiger partial charge in [-0.05, 0) is 24.6 Å². The topological polar surface area (TPSA) is 114 Å². The quantitative estimate of drug-likeness (QED) is 0.681. The van der Waals surface area contributed by atoms with Gasteiger partial charge in [-0.2, -0.15) is 0 Å². The summed E-state index contributed by atoms with van der Waals surface area (Å²) in [4.78, 5) is 23.1. The summed E-state index contributed by atoms with van der Waals surface area (Å²) >= 11 is 0. The van der Waals surface area contributed by atoms with Crippen LogP contribution in [-0.4, -0.2) is 39.6 Å². The van der Waals surface area contributed by atoms with Crippen molar-refractivity contribution in [3.63, 3.8) is 0 Å². The van der Waals surface area contributed by atoms with Gasteiger partial charge in [0, 0.05) is 13.0 Å². The first kappa shape index (κ1) is 17.2. The Kier molecular flexibility index (Phi) is 5.22. The lowest BCUT2D eigenvalue weighted by atomic mass is 10.1. The third kappa shape index (κ3) is 5.22. The molecular weight excluding hydrogens is 322 g/mol. The van der Waals surface area contributed by atoms with Crippen molar-refractivity contribution < 1.29 is 22.7 Å². The molecule has 1 aliphatic heterocycles. The van der Waals surface area contributed by atoms with E-state index in [4.69, 9.17) is 4.74 Å². The number of anilines is 1. The molecule has 0 aliphatic carbocycles. The van der Waals surface area contributed by atoms with E-state index in [0.29, 0.717) is 11.4 Å². The fourth-order valence-electron chi connectivity index (χ4n) is 2.12. The van der Waals surface area contributed by atoms with E-state index in [-0.39, 0.29) is 37.4 Å². The van der Waals surface area contributed by atoms with Gasteiger partial charge >= 0.3 is 0 Å². The summed E-state index contributed by atoms with van der Waals surface area (Å²) in [6.45, 7) is 1.84. The number of benzene rings is 1.